The van der Waals surface area contributed by atoms with Gasteiger partial charge in [0.2, 0.25) is 0 Å². The minimum Gasteiger partial charge on any atom is -0.423 e. The van der Waals surface area contributed by atoms with E-state index in [0.29, 0.717) is 0 Å². The van der Waals surface area contributed by atoms with Crippen LogP contribution < -0.4 is 5.46 Å². The zero-order valence-corrected chi connectivity index (χ0v) is 6.42. The maximum Gasteiger partial charge on any atom is 0.490 e. The molecule has 13 heavy (non-hydrogen) atoms. The van der Waals surface area contributed by atoms with Crippen molar-refractivity contribution in [1.82, 2.24) is 4.98 Å². The third-order valence-electron chi connectivity index (χ3n) is 1.55. The van der Waals surface area contributed by atoms with Gasteiger partial charge in [0.05, 0.1) is 13.7 Å². The van der Waals surface area contributed by atoms with Crippen LogP contribution in [0.4, 0.5) is 0 Å². The lowest BCUT2D eigenvalue weighted by Gasteiger charge is -2.02. The van der Waals surface area contributed by atoms with Crippen LogP contribution in [0.3, 0.4) is 0 Å². The van der Waals surface area contributed by atoms with Crippen LogP contribution in [0.15, 0.2) is 36.4 Å². The molecule has 0 fully saturated rings. The second-order valence-electron chi connectivity index (χ2n) is 2.36. The molecule has 0 aliphatic carbocycles. The number of hydrogen-bond acceptors (Lipinski definition) is 3. The fourth-order valence-electron chi connectivity index (χ4n) is 0.982. The van der Waals surface area contributed by atoms with E-state index >= 15 is 0 Å². The van der Waals surface area contributed by atoms with Gasteiger partial charge >= 0.3 is 7.12 Å². The Morgan fingerprint density at radius 1 is 1.23 bits per heavy atom. The number of para-hydroxylation sites is 1. The van der Waals surface area contributed by atoms with Gasteiger partial charge in [-0.25, -0.2) is 0 Å². The second-order valence-corrected chi connectivity index (χ2v) is 2.36. The van der Waals surface area contributed by atoms with Gasteiger partial charge in [0, 0.05) is 11.6 Å². The molecule has 0 spiro atoms. The van der Waals surface area contributed by atoms with Crippen LogP contribution in [0.2, 0.25) is 0 Å². The molecular weight excluding hydrogens is 165 g/mol. The Morgan fingerprint density at radius 2 is 2.00 bits per heavy atom. The van der Waals surface area contributed by atoms with E-state index in [9.17, 15) is 10.0 Å². The normalized spacial score (nSPS) is 16.8. The highest BCUT2D eigenvalue weighted by molar-refractivity contribution is 6.61. The van der Waals surface area contributed by atoms with Gasteiger partial charge in [-0.1, -0.05) is 24.2 Å². The zero-order valence-electron chi connectivity index (χ0n) is 12.4. The fourth-order valence-corrected chi connectivity index (χ4v) is 0.982. The third kappa shape index (κ3) is 1.41. The van der Waals surface area contributed by atoms with Crippen molar-refractivity contribution in [3.63, 3.8) is 0 Å². The van der Waals surface area contributed by atoms with Crippen molar-refractivity contribution in [2.75, 3.05) is 0 Å². The number of pyridine rings is 1. The number of nitrogens with zero attached hydrogens (tertiary/aromatic N) is 1. The van der Waals surface area contributed by atoms with E-state index < -0.39 is 49.0 Å². The minimum absolute atomic E-state index is 0.231. The van der Waals surface area contributed by atoms with Crippen molar-refractivity contribution in [3.8, 4) is 0 Å². The van der Waals surface area contributed by atoms with Gasteiger partial charge in [-0.15, -0.1) is 0 Å². The number of hydrogen-bond donors (Lipinski definition) is 2. The van der Waals surface area contributed by atoms with Crippen LogP contribution in [0.25, 0.3) is 10.9 Å². The van der Waals surface area contributed by atoms with Crippen molar-refractivity contribution >= 4 is 23.5 Å². The molecule has 2 N–H and O–H groups in total. The molecule has 2 aromatic rings. The van der Waals surface area contributed by atoms with Crippen LogP contribution in [0.5, 0.6) is 0 Å². The lowest BCUT2D eigenvalue weighted by Crippen LogP contribution is -2.30. The molecule has 64 valence electrons. The summed E-state index contributed by atoms with van der Waals surface area (Å²) in [4.78, 5) is 3.64. The Balaban J connectivity index is 3.12. The highest BCUT2D eigenvalue weighted by Crippen LogP contribution is 2.07. The van der Waals surface area contributed by atoms with Crippen LogP contribution >= 0.6 is 0 Å². The Kier molecular flexibility index (Phi) is 0.919. The second kappa shape index (κ2) is 3.16. The Morgan fingerprint density at radius 3 is 2.77 bits per heavy atom. The molecule has 0 saturated heterocycles. The average Bonchev–Trinajstić information content (AvgIpc) is 2.33. The van der Waals surface area contributed by atoms with E-state index in [4.69, 9.17) is 8.22 Å². The fraction of sp³-hybridized carbons (Fsp3) is 0. The molecule has 1 aromatic heterocycles. The molecule has 0 aliphatic heterocycles. The Hall–Kier alpha value is -1.39. The standard InChI is InChI=1S/C9H8BNO2/c12-10(13)8-5-1-3-7-4-2-6-11-9(7)8/h1-6,12-13H/i1D,2D,3D,4D,5D,6D. The average molecular weight is 179 g/mol. The van der Waals surface area contributed by atoms with Gasteiger partial charge in [0.25, 0.3) is 0 Å². The molecule has 0 amide bonds. The molecule has 1 heterocycles. The first-order valence-electron chi connectivity index (χ1n) is 6.50. The molecule has 3 nitrogen and oxygen atoms in total. The highest BCUT2D eigenvalue weighted by atomic mass is 16.4. The SMILES string of the molecule is [2H]c1nc2c(B(O)O)c([2H])c([2H])c([2H])c2c([2H])c1[2H]. The molecule has 0 atom stereocenters. The maximum absolute atomic E-state index is 9.25. The molecule has 0 saturated carbocycles. The van der Waals surface area contributed by atoms with E-state index in [2.05, 4.69) is 4.98 Å². The first kappa shape index (κ1) is 3.78. The van der Waals surface area contributed by atoms with Gasteiger partial charge in [0.1, 0.15) is 0 Å². The molecule has 0 bridgehead atoms. The first-order chi connectivity index (χ1) is 8.77. The lowest BCUT2D eigenvalue weighted by atomic mass is 9.79. The van der Waals surface area contributed by atoms with Gasteiger partial charge < -0.3 is 10.0 Å². The minimum atomic E-state index is -2.11. The van der Waals surface area contributed by atoms with Crippen molar-refractivity contribution < 1.29 is 18.3 Å². The number of fused-ring (bicyclic) bond motifs is 1. The van der Waals surface area contributed by atoms with Crippen molar-refractivity contribution in [2.45, 2.75) is 0 Å². The molecule has 0 radical (unpaired) electrons. The Bertz CT molecular complexity index is 684. The van der Waals surface area contributed by atoms with E-state index in [1.165, 1.54) is 0 Å². The monoisotopic (exact) mass is 179 g/mol. The topological polar surface area (TPSA) is 53.4 Å². The summed E-state index contributed by atoms with van der Waals surface area (Å²) in [6.45, 7) is 0. The quantitative estimate of drug-likeness (QED) is 0.601. The third-order valence-corrected chi connectivity index (χ3v) is 1.55. The van der Waals surface area contributed by atoms with Crippen LogP contribution in [0.1, 0.15) is 8.22 Å². The first-order valence-corrected chi connectivity index (χ1v) is 3.50. The Labute approximate surface area is 84.2 Å². The summed E-state index contributed by atoms with van der Waals surface area (Å²) in [5.41, 5.74) is -0.704. The predicted octanol–water partition coefficient (Wildman–Crippen LogP) is -0.0854. The largest absolute Gasteiger partial charge is 0.490 e. The van der Waals surface area contributed by atoms with Gasteiger partial charge in [-0.2, -0.15) is 0 Å². The van der Waals surface area contributed by atoms with Gasteiger partial charge in [-0.3, -0.25) is 4.98 Å². The maximum atomic E-state index is 9.25. The smallest absolute Gasteiger partial charge is 0.423 e. The highest BCUT2D eigenvalue weighted by Gasteiger charge is 2.14. The van der Waals surface area contributed by atoms with Crippen molar-refractivity contribution in [1.29, 1.82) is 0 Å². The van der Waals surface area contributed by atoms with E-state index in [0.717, 1.165) is 0 Å². The van der Waals surface area contributed by atoms with Crippen LogP contribution in [0, 0.1) is 0 Å². The number of rotatable bonds is 1. The van der Waals surface area contributed by atoms with Crippen LogP contribution in [-0.4, -0.2) is 22.2 Å². The molecular formula is C9H8BNO2. The summed E-state index contributed by atoms with van der Waals surface area (Å²) in [7, 11) is -2.11. The summed E-state index contributed by atoms with van der Waals surface area (Å²) in [5, 5.41) is 18.3. The number of aromatic nitrogens is 1. The van der Waals surface area contributed by atoms with Crippen molar-refractivity contribution in [2.24, 2.45) is 0 Å². The summed E-state index contributed by atoms with van der Waals surface area (Å²) in [5.74, 6) is 0. The van der Waals surface area contributed by atoms with Crippen LogP contribution in [-0.2, 0) is 0 Å². The predicted molar refractivity (Wildman–Crippen MR) is 51.6 cm³/mol. The van der Waals surface area contributed by atoms with Crippen molar-refractivity contribution in [3.05, 3.63) is 36.4 Å². The van der Waals surface area contributed by atoms with E-state index in [-0.39, 0.29) is 10.9 Å². The summed E-state index contributed by atoms with van der Waals surface area (Å²) in [6.07, 6.45) is -0.559. The lowest BCUT2D eigenvalue weighted by molar-refractivity contribution is 0.426. The molecule has 4 heteroatoms. The van der Waals surface area contributed by atoms with E-state index in [1.54, 1.807) is 0 Å². The molecule has 2 rings (SSSR count). The summed E-state index contributed by atoms with van der Waals surface area (Å²) >= 11 is 0. The van der Waals surface area contributed by atoms with E-state index in [1.807, 2.05) is 0 Å². The molecule has 0 aliphatic rings. The van der Waals surface area contributed by atoms with Gasteiger partial charge in [-0.05, 0) is 11.4 Å². The zero-order chi connectivity index (χ0) is 14.5. The number of benzene rings is 1. The summed E-state index contributed by atoms with van der Waals surface area (Å²) in [6, 6.07) is -2.66. The van der Waals surface area contributed by atoms with Gasteiger partial charge in [0.15, 0.2) is 0 Å². The molecule has 0 unspecified atom stereocenters. The molecule has 1 aromatic carbocycles. The summed E-state index contributed by atoms with van der Waals surface area (Å²) < 4.78 is 45.5.